The second-order valence-corrected chi connectivity index (χ2v) is 3.11. The number of carbonyl (C=O) groups excluding carboxylic acids is 2. The van der Waals surface area contributed by atoms with Crippen molar-refractivity contribution in [2.75, 3.05) is 20.2 Å². The van der Waals surface area contributed by atoms with E-state index in [2.05, 4.69) is 10.1 Å². The summed E-state index contributed by atoms with van der Waals surface area (Å²) in [5.41, 5.74) is 5.31. The standard InChI is InChI=1S/C9H18N2O3.ClH/c1-7(6-10)9(13)11-5-3-4-8(12)14-2;/h7H,3-6,10H2,1-2H3,(H,11,13);1H. The Balaban J connectivity index is 0. The quantitative estimate of drug-likeness (QED) is 0.507. The summed E-state index contributed by atoms with van der Waals surface area (Å²) >= 11 is 0. The summed E-state index contributed by atoms with van der Waals surface area (Å²) in [6, 6.07) is 0. The van der Waals surface area contributed by atoms with Crippen molar-refractivity contribution in [1.29, 1.82) is 0 Å². The first-order chi connectivity index (χ1) is 6.61. The summed E-state index contributed by atoms with van der Waals surface area (Å²) in [6.07, 6.45) is 0.920. The highest BCUT2D eigenvalue weighted by molar-refractivity contribution is 5.85. The van der Waals surface area contributed by atoms with Gasteiger partial charge in [0, 0.05) is 25.4 Å². The molecule has 0 aromatic rings. The molecule has 0 saturated heterocycles. The smallest absolute Gasteiger partial charge is 0.305 e. The number of ether oxygens (including phenoxy) is 1. The Labute approximate surface area is 96.1 Å². The molecule has 0 aliphatic heterocycles. The van der Waals surface area contributed by atoms with Crippen LogP contribution in [0.4, 0.5) is 0 Å². The summed E-state index contributed by atoms with van der Waals surface area (Å²) < 4.78 is 4.45. The highest BCUT2D eigenvalue weighted by atomic mass is 35.5. The molecule has 0 aromatic heterocycles. The Morgan fingerprint density at radius 3 is 2.53 bits per heavy atom. The van der Waals surface area contributed by atoms with Gasteiger partial charge in [0.05, 0.1) is 7.11 Å². The van der Waals surface area contributed by atoms with Crippen LogP contribution in [-0.4, -0.2) is 32.1 Å². The third kappa shape index (κ3) is 8.20. The van der Waals surface area contributed by atoms with Crippen molar-refractivity contribution in [2.45, 2.75) is 19.8 Å². The SMILES string of the molecule is COC(=O)CCCNC(=O)C(C)CN.Cl. The lowest BCUT2D eigenvalue weighted by molar-refractivity contribution is -0.140. The number of methoxy groups -OCH3 is 1. The molecule has 0 aliphatic rings. The number of hydrogen-bond donors (Lipinski definition) is 2. The predicted molar refractivity (Wildman–Crippen MR) is 59.7 cm³/mol. The van der Waals surface area contributed by atoms with Crippen LogP contribution in [0, 0.1) is 5.92 Å². The largest absolute Gasteiger partial charge is 0.469 e. The maximum absolute atomic E-state index is 11.2. The van der Waals surface area contributed by atoms with Crippen molar-refractivity contribution in [3.63, 3.8) is 0 Å². The van der Waals surface area contributed by atoms with Crippen molar-refractivity contribution in [2.24, 2.45) is 11.7 Å². The first-order valence-electron chi connectivity index (χ1n) is 4.66. The van der Waals surface area contributed by atoms with Gasteiger partial charge < -0.3 is 15.8 Å². The summed E-state index contributed by atoms with van der Waals surface area (Å²) in [4.78, 5) is 21.9. The van der Waals surface area contributed by atoms with Crippen LogP contribution in [-0.2, 0) is 14.3 Å². The molecule has 0 aliphatic carbocycles. The number of halogens is 1. The Kier molecular flexibility index (Phi) is 10.8. The molecule has 0 saturated carbocycles. The Morgan fingerprint density at radius 2 is 2.07 bits per heavy atom. The van der Waals surface area contributed by atoms with E-state index < -0.39 is 0 Å². The van der Waals surface area contributed by atoms with E-state index in [4.69, 9.17) is 5.73 Å². The highest BCUT2D eigenvalue weighted by Gasteiger charge is 2.09. The summed E-state index contributed by atoms with van der Waals surface area (Å²) in [5.74, 6) is -0.503. The molecular weight excluding hydrogens is 220 g/mol. The van der Waals surface area contributed by atoms with Crippen LogP contribution in [0.15, 0.2) is 0 Å². The van der Waals surface area contributed by atoms with E-state index in [0.717, 1.165) is 0 Å². The van der Waals surface area contributed by atoms with E-state index in [1.807, 2.05) is 0 Å². The van der Waals surface area contributed by atoms with Crippen molar-refractivity contribution in [3.05, 3.63) is 0 Å². The normalized spacial score (nSPS) is 11.1. The van der Waals surface area contributed by atoms with Crippen LogP contribution in [0.1, 0.15) is 19.8 Å². The zero-order valence-corrected chi connectivity index (χ0v) is 9.93. The second kappa shape index (κ2) is 9.73. The van der Waals surface area contributed by atoms with Gasteiger partial charge in [-0.25, -0.2) is 0 Å². The molecule has 90 valence electrons. The van der Waals surface area contributed by atoms with Crippen molar-refractivity contribution in [3.8, 4) is 0 Å². The molecule has 1 unspecified atom stereocenters. The maximum Gasteiger partial charge on any atom is 0.305 e. The molecule has 1 amide bonds. The lowest BCUT2D eigenvalue weighted by atomic mass is 10.1. The van der Waals surface area contributed by atoms with Crippen LogP contribution in [0.2, 0.25) is 0 Å². The zero-order chi connectivity index (χ0) is 11.0. The van der Waals surface area contributed by atoms with Crippen LogP contribution >= 0.6 is 12.4 Å². The predicted octanol–water partition coefficient (Wildman–Crippen LogP) is 0.0724. The second-order valence-electron chi connectivity index (χ2n) is 3.11. The number of esters is 1. The summed E-state index contributed by atoms with van der Waals surface area (Å²) in [5, 5.41) is 2.69. The van der Waals surface area contributed by atoms with Gasteiger partial charge >= 0.3 is 5.97 Å². The van der Waals surface area contributed by atoms with Crippen molar-refractivity contribution >= 4 is 24.3 Å². The molecule has 0 fully saturated rings. The van der Waals surface area contributed by atoms with Gasteiger partial charge in [-0.2, -0.15) is 0 Å². The van der Waals surface area contributed by atoms with E-state index in [1.54, 1.807) is 6.92 Å². The molecule has 15 heavy (non-hydrogen) atoms. The number of carbonyl (C=O) groups is 2. The third-order valence-corrected chi connectivity index (χ3v) is 1.89. The number of amides is 1. The fourth-order valence-corrected chi connectivity index (χ4v) is 0.828. The fourth-order valence-electron chi connectivity index (χ4n) is 0.828. The minimum absolute atomic E-state index is 0. The topological polar surface area (TPSA) is 81.4 Å². The highest BCUT2D eigenvalue weighted by Crippen LogP contribution is 1.93. The Morgan fingerprint density at radius 1 is 1.47 bits per heavy atom. The maximum atomic E-state index is 11.2. The molecule has 0 spiro atoms. The van der Waals surface area contributed by atoms with E-state index in [-0.39, 0.29) is 30.2 Å². The average molecular weight is 239 g/mol. The van der Waals surface area contributed by atoms with Crippen LogP contribution in [0.5, 0.6) is 0 Å². The Hall–Kier alpha value is -0.810. The zero-order valence-electron chi connectivity index (χ0n) is 9.12. The van der Waals surface area contributed by atoms with Gasteiger partial charge in [-0.15, -0.1) is 12.4 Å². The molecule has 3 N–H and O–H groups in total. The van der Waals surface area contributed by atoms with Gasteiger partial charge in [0.1, 0.15) is 0 Å². The minimum Gasteiger partial charge on any atom is -0.469 e. The number of rotatable bonds is 6. The van der Waals surface area contributed by atoms with Gasteiger partial charge in [-0.3, -0.25) is 9.59 Å². The summed E-state index contributed by atoms with van der Waals surface area (Å²) in [7, 11) is 1.34. The van der Waals surface area contributed by atoms with E-state index in [9.17, 15) is 9.59 Å². The van der Waals surface area contributed by atoms with Crippen molar-refractivity contribution in [1.82, 2.24) is 5.32 Å². The number of nitrogens with two attached hydrogens (primary N) is 1. The molecule has 0 radical (unpaired) electrons. The molecule has 5 nitrogen and oxygen atoms in total. The van der Waals surface area contributed by atoms with E-state index in [1.165, 1.54) is 7.11 Å². The molecular formula is C9H19ClN2O3. The van der Waals surface area contributed by atoms with Crippen LogP contribution < -0.4 is 11.1 Å². The lowest BCUT2D eigenvalue weighted by Gasteiger charge is -2.08. The third-order valence-electron chi connectivity index (χ3n) is 1.89. The number of nitrogens with one attached hydrogen (secondary N) is 1. The van der Waals surface area contributed by atoms with E-state index in [0.29, 0.717) is 25.9 Å². The summed E-state index contributed by atoms with van der Waals surface area (Å²) in [6.45, 7) is 2.58. The molecule has 0 rings (SSSR count). The fraction of sp³-hybridized carbons (Fsp3) is 0.778. The van der Waals surface area contributed by atoms with Gasteiger partial charge in [0.15, 0.2) is 0 Å². The van der Waals surface area contributed by atoms with Crippen molar-refractivity contribution < 1.29 is 14.3 Å². The van der Waals surface area contributed by atoms with Gasteiger partial charge in [0.2, 0.25) is 5.91 Å². The van der Waals surface area contributed by atoms with E-state index >= 15 is 0 Å². The van der Waals surface area contributed by atoms with Gasteiger partial charge in [-0.1, -0.05) is 6.92 Å². The first-order valence-corrected chi connectivity index (χ1v) is 4.66. The molecule has 0 heterocycles. The van der Waals surface area contributed by atoms with Gasteiger partial charge in [-0.05, 0) is 6.42 Å². The minimum atomic E-state index is -0.258. The Bertz CT molecular complexity index is 200. The van der Waals surface area contributed by atoms with Crippen LogP contribution in [0.3, 0.4) is 0 Å². The molecule has 1 atom stereocenters. The molecule has 0 aromatic carbocycles. The lowest BCUT2D eigenvalue weighted by Crippen LogP contribution is -2.33. The molecule has 0 bridgehead atoms. The monoisotopic (exact) mass is 238 g/mol. The average Bonchev–Trinajstić information content (AvgIpc) is 2.22. The van der Waals surface area contributed by atoms with Crippen LogP contribution in [0.25, 0.3) is 0 Å². The van der Waals surface area contributed by atoms with Gasteiger partial charge in [0.25, 0.3) is 0 Å². The first kappa shape index (κ1) is 16.6. The molecule has 6 heteroatoms. The number of hydrogen-bond acceptors (Lipinski definition) is 4.